The van der Waals surface area contributed by atoms with Crippen LogP contribution in [0.1, 0.15) is 49.4 Å². The van der Waals surface area contributed by atoms with Gasteiger partial charge in [0, 0.05) is 12.0 Å². The maximum absolute atomic E-state index is 13.9. The van der Waals surface area contributed by atoms with Crippen LogP contribution in [0.2, 0.25) is 0 Å². The standard InChI is InChI=1S/C31H27FN2O5S/c1-3-4-12-38-22-7-5-6-18(15-22)27-26(28(35)19-8-11-24-20(14-19)13-17(2)39-24)29(36)30(37)34(27)31-33-23-10-9-21(32)16-25(23)40-31/h5-11,14-17,27,35H,3-4,12-13H2,1-2H3/b28-26+. The Morgan fingerprint density at radius 2 is 2.02 bits per heavy atom. The Morgan fingerprint density at radius 1 is 1.18 bits per heavy atom. The van der Waals surface area contributed by atoms with E-state index in [4.69, 9.17) is 9.47 Å². The molecule has 3 heterocycles. The summed E-state index contributed by atoms with van der Waals surface area (Å²) in [4.78, 5) is 33.0. The van der Waals surface area contributed by atoms with E-state index in [0.717, 1.165) is 35.5 Å². The molecule has 0 bridgehead atoms. The number of carbonyl (C=O) groups excluding carboxylic acids is 2. The van der Waals surface area contributed by atoms with Crippen LogP contribution in [-0.4, -0.2) is 34.5 Å². The number of hydrogen-bond acceptors (Lipinski definition) is 7. The van der Waals surface area contributed by atoms with Crippen LogP contribution < -0.4 is 14.4 Å². The summed E-state index contributed by atoms with van der Waals surface area (Å²) in [6.07, 6.45) is 2.54. The van der Waals surface area contributed by atoms with E-state index >= 15 is 0 Å². The molecule has 7 nitrogen and oxygen atoms in total. The third-order valence-electron chi connectivity index (χ3n) is 7.10. The first-order valence-corrected chi connectivity index (χ1v) is 14.1. The number of amides is 1. The molecule has 0 aliphatic carbocycles. The molecule has 6 rings (SSSR count). The van der Waals surface area contributed by atoms with E-state index < -0.39 is 23.5 Å². The monoisotopic (exact) mass is 558 g/mol. The molecule has 1 saturated heterocycles. The third-order valence-corrected chi connectivity index (χ3v) is 8.12. The average Bonchev–Trinajstić information content (AvgIpc) is 3.60. The predicted octanol–water partition coefficient (Wildman–Crippen LogP) is 6.56. The van der Waals surface area contributed by atoms with Crippen LogP contribution in [0, 0.1) is 5.82 Å². The number of fused-ring (bicyclic) bond motifs is 2. The quantitative estimate of drug-likeness (QED) is 0.120. The van der Waals surface area contributed by atoms with Crippen molar-refractivity contribution in [3.05, 3.63) is 88.7 Å². The number of rotatable bonds is 7. The summed E-state index contributed by atoms with van der Waals surface area (Å²) in [5.74, 6) is -1.02. The van der Waals surface area contributed by atoms with Crippen molar-refractivity contribution in [3.8, 4) is 11.5 Å². The Bertz CT molecular complexity index is 1680. The number of Topliss-reactive ketones (excluding diaryl/α,β-unsaturated/α-hetero) is 1. The van der Waals surface area contributed by atoms with Crippen LogP contribution in [0.15, 0.2) is 66.2 Å². The fraction of sp³-hybridized carbons (Fsp3) is 0.258. The molecular formula is C31H27FN2O5S. The maximum Gasteiger partial charge on any atom is 0.301 e. The Balaban J connectivity index is 1.50. The van der Waals surface area contributed by atoms with E-state index in [1.807, 2.05) is 13.0 Å². The number of unbranched alkanes of at least 4 members (excludes halogenated alkanes) is 1. The van der Waals surface area contributed by atoms with Crippen molar-refractivity contribution in [1.29, 1.82) is 0 Å². The van der Waals surface area contributed by atoms with E-state index in [1.165, 1.54) is 23.1 Å². The van der Waals surface area contributed by atoms with Gasteiger partial charge in [0.1, 0.15) is 29.2 Å². The second-order valence-corrected chi connectivity index (χ2v) is 11.0. The smallest absolute Gasteiger partial charge is 0.301 e. The maximum atomic E-state index is 13.9. The lowest BCUT2D eigenvalue weighted by molar-refractivity contribution is -0.132. The van der Waals surface area contributed by atoms with Gasteiger partial charge in [-0.2, -0.15) is 0 Å². The molecule has 3 aromatic carbocycles. The van der Waals surface area contributed by atoms with Crippen molar-refractivity contribution >= 4 is 44.1 Å². The number of aromatic nitrogens is 1. The molecule has 1 amide bonds. The van der Waals surface area contributed by atoms with Gasteiger partial charge in [-0.15, -0.1) is 0 Å². The first-order chi connectivity index (χ1) is 19.3. The van der Waals surface area contributed by atoms with E-state index in [-0.39, 0.29) is 22.6 Å². The number of ketones is 1. The number of nitrogens with zero attached hydrogens (tertiary/aromatic N) is 2. The van der Waals surface area contributed by atoms with Gasteiger partial charge in [0.2, 0.25) is 0 Å². The van der Waals surface area contributed by atoms with Gasteiger partial charge in [-0.3, -0.25) is 14.5 Å². The second-order valence-electron chi connectivity index (χ2n) is 10.0. The third kappa shape index (κ3) is 4.60. The van der Waals surface area contributed by atoms with Crippen LogP contribution in [0.4, 0.5) is 9.52 Å². The van der Waals surface area contributed by atoms with Crippen LogP contribution in [0.3, 0.4) is 0 Å². The van der Waals surface area contributed by atoms with Gasteiger partial charge in [-0.05, 0) is 73.0 Å². The van der Waals surface area contributed by atoms with Crippen LogP contribution in [0.5, 0.6) is 11.5 Å². The van der Waals surface area contributed by atoms with Gasteiger partial charge in [0.15, 0.2) is 5.13 Å². The largest absolute Gasteiger partial charge is 0.507 e. The molecule has 1 N–H and O–H groups in total. The number of carbonyl (C=O) groups is 2. The van der Waals surface area contributed by atoms with E-state index in [2.05, 4.69) is 11.9 Å². The number of ether oxygens (including phenoxy) is 2. The van der Waals surface area contributed by atoms with Gasteiger partial charge in [0.05, 0.1) is 28.4 Å². The van der Waals surface area contributed by atoms with Crippen LogP contribution in [0.25, 0.3) is 16.0 Å². The lowest BCUT2D eigenvalue weighted by atomic mass is 9.94. The van der Waals surface area contributed by atoms with E-state index in [0.29, 0.717) is 40.1 Å². The fourth-order valence-electron chi connectivity index (χ4n) is 5.17. The lowest BCUT2D eigenvalue weighted by Crippen LogP contribution is -2.29. The summed E-state index contributed by atoms with van der Waals surface area (Å²) >= 11 is 1.11. The van der Waals surface area contributed by atoms with Crippen molar-refractivity contribution < 1.29 is 28.6 Å². The minimum Gasteiger partial charge on any atom is -0.507 e. The molecule has 9 heteroatoms. The van der Waals surface area contributed by atoms with Gasteiger partial charge < -0.3 is 14.6 Å². The summed E-state index contributed by atoms with van der Waals surface area (Å²) in [6.45, 7) is 4.56. The molecule has 4 aromatic rings. The van der Waals surface area contributed by atoms with Crippen molar-refractivity contribution in [2.45, 2.75) is 45.3 Å². The molecule has 1 aromatic heterocycles. The van der Waals surface area contributed by atoms with E-state index in [9.17, 15) is 19.1 Å². The highest BCUT2D eigenvalue weighted by Gasteiger charge is 2.48. The summed E-state index contributed by atoms with van der Waals surface area (Å²) in [6, 6.07) is 15.6. The Hall–Kier alpha value is -4.24. The molecule has 40 heavy (non-hydrogen) atoms. The number of anilines is 1. The minimum absolute atomic E-state index is 0.0114. The number of halogens is 1. The number of thiazole rings is 1. The lowest BCUT2D eigenvalue weighted by Gasteiger charge is -2.23. The van der Waals surface area contributed by atoms with Gasteiger partial charge in [0.25, 0.3) is 5.78 Å². The van der Waals surface area contributed by atoms with Crippen molar-refractivity contribution in [1.82, 2.24) is 4.98 Å². The number of aliphatic hydroxyl groups excluding tert-OH is 1. The zero-order valence-corrected chi connectivity index (χ0v) is 22.8. The SMILES string of the molecule is CCCCOc1cccc(C2/C(=C(\O)c3ccc4c(c3)CC(C)O4)C(=O)C(=O)N2c2nc3ccc(F)cc3s2)c1. The molecule has 2 aliphatic heterocycles. The zero-order chi connectivity index (χ0) is 28.0. The Kier molecular flexibility index (Phi) is 6.75. The summed E-state index contributed by atoms with van der Waals surface area (Å²) < 4.78 is 26.2. The molecule has 0 spiro atoms. The van der Waals surface area contributed by atoms with Crippen LogP contribution in [-0.2, 0) is 16.0 Å². The fourth-order valence-corrected chi connectivity index (χ4v) is 6.19. The van der Waals surface area contributed by atoms with E-state index in [1.54, 1.807) is 36.4 Å². The number of aliphatic hydroxyl groups is 1. The minimum atomic E-state index is -0.969. The molecular weight excluding hydrogens is 531 g/mol. The number of benzene rings is 3. The highest BCUT2D eigenvalue weighted by molar-refractivity contribution is 7.22. The summed E-state index contributed by atoms with van der Waals surface area (Å²) in [5.41, 5.74) is 2.38. The van der Waals surface area contributed by atoms with Gasteiger partial charge >= 0.3 is 5.91 Å². The first kappa shape index (κ1) is 26.0. The van der Waals surface area contributed by atoms with Gasteiger partial charge in [-0.25, -0.2) is 9.37 Å². The topological polar surface area (TPSA) is 89.0 Å². The Morgan fingerprint density at radius 3 is 2.85 bits per heavy atom. The van der Waals surface area contributed by atoms with Gasteiger partial charge in [-0.1, -0.05) is 36.8 Å². The zero-order valence-electron chi connectivity index (χ0n) is 22.0. The van der Waals surface area contributed by atoms with Crippen LogP contribution >= 0.6 is 11.3 Å². The highest BCUT2D eigenvalue weighted by atomic mass is 32.1. The second kappa shape index (κ2) is 10.4. The summed E-state index contributed by atoms with van der Waals surface area (Å²) in [7, 11) is 0. The normalized spacial score (nSPS) is 19.7. The first-order valence-electron chi connectivity index (χ1n) is 13.2. The molecule has 1 fully saturated rings. The molecule has 0 radical (unpaired) electrons. The number of hydrogen-bond donors (Lipinski definition) is 1. The van der Waals surface area contributed by atoms with Crippen molar-refractivity contribution in [2.24, 2.45) is 0 Å². The predicted molar refractivity (Wildman–Crippen MR) is 151 cm³/mol. The Labute approximate surface area is 234 Å². The molecule has 204 valence electrons. The molecule has 0 saturated carbocycles. The van der Waals surface area contributed by atoms with Crippen molar-refractivity contribution in [2.75, 3.05) is 11.5 Å². The molecule has 2 atom stereocenters. The highest BCUT2D eigenvalue weighted by Crippen LogP contribution is 2.45. The average molecular weight is 559 g/mol. The van der Waals surface area contributed by atoms with Crippen molar-refractivity contribution in [3.63, 3.8) is 0 Å². The summed E-state index contributed by atoms with van der Waals surface area (Å²) in [5, 5.41) is 11.8. The molecule has 2 unspecified atom stereocenters. The molecule has 2 aliphatic rings.